The molecule has 2 saturated heterocycles. The Hall–Kier alpha value is -8.78. The molecule has 3 heterocycles. The highest BCUT2D eigenvalue weighted by Gasteiger charge is 2.59. The lowest BCUT2D eigenvalue weighted by atomic mass is 9.58. The number of likely N-dealkylation sites (N-methyl/N-ethyl adjacent to an activating group) is 6. The summed E-state index contributed by atoms with van der Waals surface area (Å²) < 4.78 is 120. The second kappa shape index (κ2) is 36.2. The van der Waals surface area contributed by atoms with Gasteiger partial charge in [-0.3, -0.25) is 57.5 Å². The Morgan fingerprint density at radius 1 is 0.676 bits per heavy atom. The Morgan fingerprint density at radius 3 is 1.85 bits per heavy atom. The molecular formula is C75H104F8N12O13. The number of aryl methyl sites for hydroxylation is 1. The van der Waals surface area contributed by atoms with Crippen molar-refractivity contribution in [1.29, 1.82) is 0 Å². The first-order chi connectivity index (χ1) is 50.5. The highest BCUT2D eigenvalue weighted by molar-refractivity contribution is 6.01. The Bertz CT molecular complexity index is 3650. The number of carbonyl (C=O) groups excluding carboxylic acids is 12. The summed E-state index contributed by atoms with van der Waals surface area (Å²) in [7, 11) is 9.26. The van der Waals surface area contributed by atoms with Crippen LogP contribution in [-0.4, -0.2) is 252 Å². The lowest BCUT2D eigenvalue weighted by molar-refractivity contribution is -0.161. The van der Waals surface area contributed by atoms with Gasteiger partial charge in [0.05, 0.1) is 31.2 Å². The molecule has 2 saturated carbocycles. The van der Waals surface area contributed by atoms with Crippen LogP contribution in [-0.2, 0) is 87.5 Å². The molecule has 2 aliphatic carbocycles. The average Bonchev–Trinajstić information content (AvgIpc) is 0.990. The van der Waals surface area contributed by atoms with Gasteiger partial charge >= 0.3 is 12.4 Å². The van der Waals surface area contributed by atoms with Crippen molar-refractivity contribution in [3.8, 4) is 0 Å². The topological polar surface area (TPSA) is 288 Å². The summed E-state index contributed by atoms with van der Waals surface area (Å²) in [6, 6.07) is -7.41. The molecule has 3 aliphatic heterocycles. The van der Waals surface area contributed by atoms with Gasteiger partial charge in [0.15, 0.2) is 0 Å². The van der Waals surface area contributed by atoms with Gasteiger partial charge in [0.1, 0.15) is 71.1 Å². The molecule has 2 bridgehead atoms. The van der Waals surface area contributed by atoms with Crippen molar-refractivity contribution < 1.29 is 97.4 Å². The molecule has 4 fully saturated rings. The van der Waals surface area contributed by atoms with Crippen molar-refractivity contribution in [2.45, 2.75) is 217 Å². The summed E-state index contributed by atoms with van der Waals surface area (Å²) in [5.74, 6) is -15.3. The van der Waals surface area contributed by atoms with Gasteiger partial charge in [-0.15, -0.1) is 0 Å². The van der Waals surface area contributed by atoms with Crippen LogP contribution in [0.2, 0.25) is 0 Å². The molecule has 598 valence electrons. The third-order valence-electron chi connectivity index (χ3n) is 21.5. The Morgan fingerprint density at radius 2 is 1.29 bits per heavy atom. The van der Waals surface area contributed by atoms with E-state index in [1.807, 2.05) is 13.8 Å². The minimum Gasteiger partial charge on any atom is -0.377 e. The van der Waals surface area contributed by atoms with Crippen LogP contribution in [0.25, 0.3) is 0 Å². The fourth-order valence-electron chi connectivity index (χ4n) is 15.6. The van der Waals surface area contributed by atoms with Crippen molar-refractivity contribution >= 4 is 70.9 Å². The number of nitrogens with one attached hydrogen (secondary N) is 4. The van der Waals surface area contributed by atoms with Crippen LogP contribution < -0.4 is 21.3 Å². The molecule has 4 N–H and O–H groups in total. The van der Waals surface area contributed by atoms with Crippen molar-refractivity contribution in [2.75, 3.05) is 82.1 Å². The minimum absolute atomic E-state index is 0.0140. The summed E-state index contributed by atoms with van der Waals surface area (Å²) >= 11 is 0. The third kappa shape index (κ3) is 20.8. The van der Waals surface area contributed by atoms with E-state index in [4.69, 9.17) is 4.74 Å². The lowest BCUT2D eigenvalue weighted by Gasteiger charge is -2.54. The Kier molecular flexibility index (Phi) is 29.0. The van der Waals surface area contributed by atoms with Gasteiger partial charge in [0.25, 0.3) is 0 Å². The first kappa shape index (κ1) is 86.5. The maximum Gasteiger partial charge on any atom is 0.422 e. The summed E-state index contributed by atoms with van der Waals surface area (Å²) in [6.07, 6.45) is -7.73. The van der Waals surface area contributed by atoms with Crippen molar-refractivity contribution in [1.82, 2.24) is 60.5 Å². The molecule has 12 amide bonds. The number of carbonyl (C=O) groups is 12. The zero-order valence-corrected chi connectivity index (χ0v) is 63.7. The smallest absolute Gasteiger partial charge is 0.377 e. The fourth-order valence-corrected chi connectivity index (χ4v) is 15.6. The standard InChI is InChI=1S/C75H104F8N12O13/c1-14-22-51-63(99)86-61(43(4)15-2)69(105)90(10)40-59(98)91(11)53-25-18-17-21-32-94(68(53)104)56(35-44-26-29-47(30-27-44)74(78,79)80)67(103)89(9)39-58(97)85-52(31-28-45-33-49(76)60(50(77)34-45)75(81,82)83)65(101)95-38-48(108-16-3)36-54(95)64(100)87-73(41-72(5,6)42-73)71(107)93(13)62(46-23-19-20-24-46)70(106)92(12)55(37-57(96)84-51)66(102)88(7)8/h17-18,26-27,29-30,33-34,43,46,48,51-56,61-62H,14-16,19-25,28,31-32,35-42H2,1-13H3,(H,84,96)(H,85,97)(H,86,99)(H,87,100)/b18-17-/t43-,48+,51-,52+,53-,54-,55-,56-,61-,62-/m0/s1. The SMILES string of the molecule is CCC[C@@H]1NC(=O)C[C@@H](C(=O)N(C)C)N(C)C(=O)[C@H](C2CCCC2)N(C)C(=O)C2(CC(C)(C)C2)NC(=O)[C@@H]2C[C@@H](OCC)CN2C(=O)[C@@H](CCc2cc(F)c(C(F)(F)F)c(F)c2)NC(=O)CN(C)C(=O)[C@H](Cc2ccc(C(F)(F)F)cc2)N2CC/C=C\C[C@@H](C2=O)N(C)C(=O)CN(C)C(=O)[C@H]([C@@H](C)CC)NC1=O. The van der Waals surface area contributed by atoms with Gasteiger partial charge in [-0.1, -0.05) is 84.6 Å². The number of halogens is 8. The summed E-state index contributed by atoms with van der Waals surface area (Å²) in [6.45, 7) is 8.29. The number of hydrogen-bond donors (Lipinski definition) is 4. The molecule has 33 heteroatoms. The van der Waals surface area contributed by atoms with E-state index in [-0.39, 0.29) is 63.8 Å². The van der Waals surface area contributed by atoms with E-state index in [1.165, 1.54) is 52.1 Å². The quantitative estimate of drug-likeness (QED) is 0.137. The molecule has 1 spiro atoms. The van der Waals surface area contributed by atoms with Crippen LogP contribution in [0.3, 0.4) is 0 Å². The van der Waals surface area contributed by atoms with Crippen molar-refractivity contribution in [2.24, 2.45) is 17.3 Å². The Labute approximate surface area is 624 Å². The monoisotopic (exact) mass is 1530 g/mol. The normalized spacial score (nSPS) is 26.4. The average molecular weight is 1530 g/mol. The van der Waals surface area contributed by atoms with Crippen LogP contribution in [0.1, 0.15) is 154 Å². The number of rotatable bonds is 13. The zero-order valence-electron chi connectivity index (χ0n) is 63.7. The van der Waals surface area contributed by atoms with Crippen molar-refractivity contribution in [3.05, 3.63) is 82.4 Å². The van der Waals surface area contributed by atoms with E-state index in [0.717, 1.165) is 60.7 Å². The summed E-state index contributed by atoms with van der Waals surface area (Å²) in [5.41, 5.74) is -5.95. The molecule has 0 aromatic heterocycles. The molecule has 5 aliphatic rings. The molecular weight excluding hydrogens is 1430 g/mol. The molecule has 2 aromatic rings. The van der Waals surface area contributed by atoms with Gasteiger partial charge < -0.3 is 65.2 Å². The number of nitrogens with zero attached hydrogens (tertiary/aromatic N) is 8. The van der Waals surface area contributed by atoms with Gasteiger partial charge in [-0.2, -0.15) is 26.3 Å². The van der Waals surface area contributed by atoms with Gasteiger partial charge in [-0.25, -0.2) is 8.78 Å². The number of alkyl halides is 6. The van der Waals surface area contributed by atoms with E-state index < -0.39 is 228 Å². The first-order valence-corrected chi connectivity index (χ1v) is 36.8. The summed E-state index contributed by atoms with van der Waals surface area (Å²) in [5, 5.41) is 11.0. The number of benzene rings is 2. The maximum absolute atomic E-state index is 15.7. The highest BCUT2D eigenvalue weighted by atomic mass is 19.4. The third-order valence-corrected chi connectivity index (χ3v) is 21.5. The minimum atomic E-state index is -5.46. The van der Waals surface area contributed by atoms with E-state index in [0.29, 0.717) is 50.7 Å². The van der Waals surface area contributed by atoms with Crippen LogP contribution in [0.15, 0.2) is 48.6 Å². The molecule has 2 aromatic carbocycles. The van der Waals surface area contributed by atoms with Gasteiger partial charge in [-0.05, 0) is 117 Å². The van der Waals surface area contributed by atoms with Crippen LogP contribution in [0.4, 0.5) is 35.1 Å². The fraction of sp³-hybridized carbons (Fsp3) is 0.653. The van der Waals surface area contributed by atoms with Crippen LogP contribution in [0, 0.1) is 28.9 Å². The van der Waals surface area contributed by atoms with E-state index in [1.54, 1.807) is 39.8 Å². The molecule has 0 radical (unpaired) electrons. The molecule has 108 heavy (non-hydrogen) atoms. The second-order valence-electron chi connectivity index (χ2n) is 30.4. The predicted octanol–water partition coefficient (Wildman–Crippen LogP) is 5.79. The van der Waals surface area contributed by atoms with E-state index in [2.05, 4.69) is 21.3 Å². The van der Waals surface area contributed by atoms with Crippen LogP contribution in [0.5, 0.6) is 0 Å². The number of ether oxygens (including phenoxy) is 1. The number of fused-ring (bicyclic) bond motifs is 3. The Balaban J connectivity index is 1.35. The van der Waals surface area contributed by atoms with Gasteiger partial charge in [0, 0.05) is 81.9 Å². The zero-order chi connectivity index (χ0) is 80.4. The lowest BCUT2D eigenvalue weighted by Crippen LogP contribution is -2.71. The second-order valence-corrected chi connectivity index (χ2v) is 30.4. The molecule has 0 unspecified atom stereocenters. The molecule has 7 rings (SSSR count). The van der Waals surface area contributed by atoms with E-state index >= 15 is 37.5 Å². The molecule has 10 atom stereocenters. The van der Waals surface area contributed by atoms with E-state index in [9.17, 15) is 55.1 Å². The van der Waals surface area contributed by atoms with Crippen molar-refractivity contribution in [3.63, 3.8) is 0 Å². The first-order valence-electron chi connectivity index (χ1n) is 36.8. The maximum atomic E-state index is 15.7. The van der Waals surface area contributed by atoms with Gasteiger partial charge in [0.2, 0.25) is 70.9 Å². The van der Waals surface area contributed by atoms with Crippen LogP contribution >= 0.6 is 0 Å². The molecule has 25 nitrogen and oxygen atoms in total. The number of amides is 12. The number of hydrogen-bond acceptors (Lipinski definition) is 13. The summed E-state index contributed by atoms with van der Waals surface area (Å²) in [4.78, 5) is 189. The predicted molar refractivity (Wildman–Crippen MR) is 378 cm³/mol. The largest absolute Gasteiger partial charge is 0.422 e. The highest BCUT2D eigenvalue weighted by Crippen LogP contribution is 2.50.